The number of hydrogen-bond donors (Lipinski definition) is 0. The second-order valence-corrected chi connectivity index (χ2v) is 10.3. The smallest absolute Gasteiger partial charge is 0.210 e. The summed E-state index contributed by atoms with van der Waals surface area (Å²) in [7, 11) is -3.70. The first kappa shape index (κ1) is 18.7. The van der Waals surface area contributed by atoms with Gasteiger partial charge in [0.05, 0.1) is 32.6 Å². The number of benzene rings is 4. The summed E-state index contributed by atoms with van der Waals surface area (Å²) in [5.41, 5.74) is 4.90. The van der Waals surface area contributed by atoms with Crippen LogP contribution in [-0.4, -0.2) is 22.5 Å². The molecule has 0 amide bonds. The zero-order valence-corrected chi connectivity index (χ0v) is 18.7. The molecule has 33 heavy (non-hydrogen) atoms. The topological polar surface area (TPSA) is 56.9 Å². The molecular formula is C27H19N3O2S. The number of para-hydroxylation sites is 3. The molecule has 0 aliphatic carbocycles. The van der Waals surface area contributed by atoms with Crippen molar-refractivity contribution >= 4 is 42.7 Å². The minimum Gasteiger partial charge on any atom is -0.309 e. The molecule has 160 valence electrons. The molecular weight excluding hydrogens is 430 g/mol. The van der Waals surface area contributed by atoms with Crippen molar-refractivity contribution in [2.45, 2.75) is 23.1 Å². The molecule has 0 saturated heterocycles. The fraction of sp³-hybridized carbons (Fsp3) is 0.0741. The SMILES string of the molecule is CCc1nc2cc(-n3c4ccccc4c4ccccc43)cc3c2n1-c1ccccc1S3(=O)=O. The van der Waals surface area contributed by atoms with Gasteiger partial charge in [0.1, 0.15) is 10.7 Å². The first-order chi connectivity index (χ1) is 16.1. The van der Waals surface area contributed by atoms with E-state index in [0.29, 0.717) is 32.9 Å². The van der Waals surface area contributed by atoms with E-state index in [1.165, 1.54) is 0 Å². The Morgan fingerprint density at radius 3 is 2.09 bits per heavy atom. The molecule has 7 rings (SSSR count). The minimum absolute atomic E-state index is 0.308. The van der Waals surface area contributed by atoms with Crippen LogP contribution >= 0.6 is 0 Å². The minimum atomic E-state index is -3.70. The Morgan fingerprint density at radius 2 is 1.39 bits per heavy atom. The van der Waals surface area contributed by atoms with Crippen molar-refractivity contribution in [3.63, 3.8) is 0 Å². The molecule has 0 spiro atoms. The van der Waals surface area contributed by atoms with Crippen molar-refractivity contribution in [1.29, 1.82) is 0 Å². The number of nitrogens with zero attached hydrogens (tertiary/aromatic N) is 3. The summed E-state index contributed by atoms with van der Waals surface area (Å²) < 4.78 is 31.7. The molecule has 4 aromatic carbocycles. The predicted octanol–water partition coefficient (Wildman–Crippen LogP) is 5.83. The van der Waals surface area contributed by atoms with E-state index >= 15 is 0 Å². The molecule has 0 radical (unpaired) electrons. The van der Waals surface area contributed by atoms with Gasteiger partial charge in [-0.05, 0) is 36.4 Å². The van der Waals surface area contributed by atoms with E-state index in [2.05, 4.69) is 28.8 Å². The van der Waals surface area contributed by atoms with Crippen molar-refractivity contribution in [3.8, 4) is 11.4 Å². The highest BCUT2D eigenvalue weighted by molar-refractivity contribution is 7.92. The average Bonchev–Trinajstić information content (AvgIpc) is 3.38. The van der Waals surface area contributed by atoms with Gasteiger partial charge in [-0.3, -0.25) is 4.57 Å². The summed E-state index contributed by atoms with van der Waals surface area (Å²) in [4.78, 5) is 5.52. The fourth-order valence-corrected chi connectivity index (χ4v) is 6.88. The highest BCUT2D eigenvalue weighted by Crippen LogP contribution is 2.41. The normalized spacial score (nSPS) is 14.2. The molecule has 0 unspecified atom stereocenters. The van der Waals surface area contributed by atoms with Crippen LogP contribution in [0.5, 0.6) is 0 Å². The molecule has 6 aromatic rings. The van der Waals surface area contributed by atoms with Gasteiger partial charge >= 0.3 is 0 Å². The van der Waals surface area contributed by atoms with E-state index in [0.717, 1.165) is 33.3 Å². The highest BCUT2D eigenvalue weighted by atomic mass is 32.2. The Kier molecular flexibility index (Phi) is 3.58. The van der Waals surface area contributed by atoms with Gasteiger partial charge < -0.3 is 4.57 Å². The van der Waals surface area contributed by atoms with E-state index in [9.17, 15) is 8.42 Å². The van der Waals surface area contributed by atoms with E-state index in [1.54, 1.807) is 12.1 Å². The summed E-state index contributed by atoms with van der Waals surface area (Å²) in [5, 5.41) is 2.27. The first-order valence-electron chi connectivity index (χ1n) is 11.0. The van der Waals surface area contributed by atoms with E-state index in [1.807, 2.05) is 60.0 Å². The molecule has 0 atom stereocenters. The summed E-state index contributed by atoms with van der Waals surface area (Å²) in [6, 6.07) is 27.5. The van der Waals surface area contributed by atoms with Crippen LogP contribution in [0.2, 0.25) is 0 Å². The van der Waals surface area contributed by atoms with Crippen molar-refractivity contribution in [1.82, 2.24) is 14.1 Å². The van der Waals surface area contributed by atoms with Gasteiger partial charge in [0, 0.05) is 22.9 Å². The van der Waals surface area contributed by atoms with Crippen LogP contribution in [0.1, 0.15) is 12.7 Å². The third kappa shape index (κ3) is 2.31. The zero-order valence-electron chi connectivity index (χ0n) is 17.9. The van der Waals surface area contributed by atoms with Gasteiger partial charge in [0.25, 0.3) is 0 Å². The molecule has 6 heteroatoms. The number of sulfone groups is 1. The van der Waals surface area contributed by atoms with Gasteiger partial charge in [-0.25, -0.2) is 13.4 Å². The third-order valence-corrected chi connectivity index (χ3v) is 8.42. The van der Waals surface area contributed by atoms with Gasteiger partial charge in [-0.1, -0.05) is 55.5 Å². The van der Waals surface area contributed by atoms with Crippen LogP contribution in [0.15, 0.2) is 94.7 Å². The Morgan fingerprint density at radius 1 is 0.758 bits per heavy atom. The number of hydrogen-bond acceptors (Lipinski definition) is 3. The van der Waals surface area contributed by atoms with Crippen molar-refractivity contribution in [3.05, 3.63) is 90.8 Å². The Labute approximate surface area is 190 Å². The van der Waals surface area contributed by atoms with Crippen LogP contribution in [0, 0.1) is 0 Å². The monoisotopic (exact) mass is 449 g/mol. The van der Waals surface area contributed by atoms with E-state index < -0.39 is 9.84 Å². The van der Waals surface area contributed by atoms with Crippen molar-refractivity contribution < 1.29 is 8.42 Å². The van der Waals surface area contributed by atoms with E-state index in [4.69, 9.17) is 4.98 Å². The molecule has 3 heterocycles. The molecule has 2 aromatic heterocycles. The summed E-state index contributed by atoms with van der Waals surface area (Å²) in [5.74, 6) is 0.855. The highest BCUT2D eigenvalue weighted by Gasteiger charge is 2.33. The van der Waals surface area contributed by atoms with Crippen LogP contribution in [0.25, 0.3) is 44.2 Å². The Bertz CT molecular complexity index is 1820. The van der Waals surface area contributed by atoms with Crippen molar-refractivity contribution in [2.24, 2.45) is 0 Å². The zero-order chi connectivity index (χ0) is 22.3. The van der Waals surface area contributed by atoms with Crippen LogP contribution in [0.4, 0.5) is 0 Å². The average molecular weight is 450 g/mol. The molecule has 0 saturated carbocycles. The molecule has 5 nitrogen and oxygen atoms in total. The lowest BCUT2D eigenvalue weighted by molar-refractivity contribution is 0.594. The quantitative estimate of drug-likeness (QED) is 0.334. The molecule has 0 N–H and O–H groups in total. The predicted molar refractivity (Wildman–Crippen MR) is 130 cm³/mol. The maximum absolute atomic E-state index is 13.8. The number of imidazole rings is 1. The third-order valence-electron chi connectivity index (χ3n) is 6.61. The van der Waals surface area contributed by atoms with Crippen LogP contribution in [0.3, 0.4) is 0 Å². The maximum Gasteiger partial charge on any atom is 0.210 e. The van der Waals surface area contributed by atoms with Crippen LogP contribution < -0.4 is 0 Å². The largest absolute Gasteiger partial charge is 0.309 e. The lowest BCUT2D eigenvalue weighted by Crippen LogP contribution is -2.16. The van der Waals surface area contributed by atoms with E-state index in [-0.39, 0.29) is 0 Å². The second-order valence-electron chi connectivity index (χ2n) is 8.37. The summed E-state index contributed by atoms with van der Waals surface area (Å²) in [6.45, 7) is 2.05. The van der Waals surface area contributed by atoms with Crippen molar-refractivity contribution in [2.75, 3.05) is 0 Å². The fourth-order valence-electron chi connectivity index (χ4n) is 5.23. The lowest BCUT2D eigenvalue weighted by Gasteiger charge is -2.21. The number of fused-ring (bicyclic) bond motifs is 5. The first-order valence-corrected chi connectivity index (χ1v) is 12.5. The maximum atomic E-state index is 13.8. The Hall–Kier alpha value is -3.90. The lowest BCUT2D eigenvalue weighted by atomic mass is 10.2. The van der Waals surface area contributed by atoms with Gasteiger partial charge in [-0.15, -0.1) is 0 Å². The van der Waals surface area contributed by atoms with Gasteiger partial charge in [0.15, 0.2) is 0 Å². The standard InChI is InChI=1S/C27H19N3O2S/c1-2-26-28-20-15-17(29-21-11-5-3-9-18(21)19-10-4-6-12-22(19)29)16-25-27(20)30(26)23-13-7-8-14-24(23)33(25,31)32/h3-16H,2H2,1H3. The number of rotatable bonds is 2. The molecule has 1 aliphatic heterocycles. The molecule has 1 aliphatic rings. The van der Waals surface area contributed by atoms with Gasteiger partial charge in [0.2, 0.25) is 9.84 Å². The number of aromatic nitrogens is 3. The molecule has 0 bridgehead atoms. The second kappa shape index (κ2) is 6.33. The summed E-state index contributed by atoms with van der Waals surface area (Å²) in [6.07, 6.45) is 0.702. The summed E-state index contributed by atoms with van der Waals surface area (Å²) >= 11 is 0. The number of aryl methyl sites for hydroxylation is 1. The molecule has 0 fully saturated rings. The van der Waals surface area contributed by atoms with Gasteiger partial charge in [-0.2, -0.15) is 0 Å². The Balaban J connectivity index is 1.66. The van der Waals surface area contributed by atoms with Crippen LogP contribution in [-0.2, 0) is 16.3 Å².